The van der Waals surface area contributed by atoms with Crippen LogP contribution in [-0.2, 0) is 107 Å². The summed E-state index contributed by atoms with van der Waals surface area (Å²) in [5.74, 6) is -22.1. The summed E-state index contributed by atoms with van der Waals surface area (Å²) in [7, 11) is 1.24. The maximum Gasteiger partial charge on any atom is 0.305 e. The fraction of sp³-hybridized carbons (Fsp3) is 0.446. The lowest BCUT2D eigenvalue weighted by atomic mass is 9.98. The molecule has 6 aromatic rings. The summed E-state index contributed by atoms with van der Waals surface area (Å²) >= 11 is 0.704. The number of thioether (sulfide) groups is 1. The monoisotopic (exact) mass is 1900 g/mol. The normalized spacial score (nSPS) is 22.4. The van der Waals surface area contributed by atoms with Gasteiger partial charge in [0.25, 0.3) is 0 Å². The Bertz CT molecular complexity index is 5180. The molecule has 0 unspecified atom stereocenters. The highest BCUT2D eigenvalue weighted by Gasteiger charge is 2.40. The number of carboxylic acid groups (broad SMARTS) is 1. The van der Waals surface area contributed by atoms with Crippen LogP contribution in [0.1, 0.15) is 109 Å². The number of nitrogens with two attached hydrogens (primary N) is 3. The van der Waals surface area contributed by atoms with E-state index in [1.165, 1.54) is 52.1 Å². The van der Waals surface area contributed by atoms with Crippen LogP contribution in [0.4, 0.5) is 0 Å². The molecule has 43 nitrogen and oxygen atoms in total. The lowest BCUT2D eigenvalue weighted by Gasteiger charge is -2.31. The minimum Gasteiger partial charge on any atom is -0.508 e. The molecule has 0 spiro atoms. The van der Waals surface area contributed by atoms with Crippen LogP contribution in [0.3, 0.4) is 0 Å². The van der Waals surface area contributed by atoms with Gasteiger partial charge in [-0.2, -0.15) is 0 Å². The highest BCUT2D eigenvalue weighted by Crippen LogP contribution is 2.24. The van der Waals surface area contributed by atoms with Gasteiger partial charge in [0.1, 0.15) is 84.3 Å². The Balaban J connectivity index is 1.31. The molecule has 1 aromatic heterocycles. The molecule has 0 bridgehead atoms. The first kappa shape index (κ1) is 108. The molecule has 2 heterocycles. The van der Waals surface area contributed by atoms with E-state index in [2.05, 4.69) is 90.1 Å². The van der Waals surface area contributed by atoms with Gasteiger partial charge >= 0.3 is 5.97 Å². The molecular formula is C92H125N23O20S. The number of likely N-dealkylation sites (N-methyl/N-ethyl adjacent to an activating group) is 1. The van der Waals surface area contributed by atoms with Crippen molar-refractivity contribution in [3.63, 3.8) is 0 Å². The van der Waals surface area contributed by atoms with Gasteiger partial charge in [0.05, 0.1) is 31.9 Å². The second-order valence-electron chi connectivity index (χ2n) is 34.0. The van der Waals surface area contributed by atoms with Crippen LogP contribution in [-0.4, -0.2) is 267 Å². The predicted molar refractivity (Wildman–Crippen MR) is 504 cm³/mol. The van der Waals surface area contributed by atoms with Gasteiger partial charge in [0.2, 0.25) is 94.5 Å². The van der Waals surface area contributed by atoms with Crippen molar-refractivity contribution in [2.24, 2.45) is 35.0 Å². The molecule has 136 heavy (non-hydrogen) atoms. The standard InChI is InChI=1S/C92H125N23O20S/c1-49(2)37-64-85(130)113-77(51(5)6)89(134)111-70(46-116)87(132)112-71(79(124)101-44-72(93)118)47-136-48-74(120)104-65(38-53-19-11-9-12-20-53)81(126)107-66(40-55-29-33-59(117)34-30-55)83(128)109-69(42-75(121)122)84(129)108-68(41-58-43-100-61-24-16-15-23-60(58)61)86(131)114-76(50(3)4)88(133)110-67(39-54-27-31-57(32-28-54)56-21-13-10-14-22-56)82(127)105-63(26-18-36-99-92(96)97)90(135)115(8)52(7)78(123)102-45-73(119)103-62(80(125)106-64)25-17-35-98-91(94)95/h9-16,19-24,27-34,43,49-52,62-71,76-77,100,116-117H,17-18,25-26,35-42,44-48H2,1-8H3,(H2,93,118)(H,101,124)(H,102,123)(H,103,119)(H,104,120)(H,105,127)(H,106,125)(H,107,126)(H,108,129)(H,109,128)(H,110,133)(H,111,134)(H,112,132)(H,113,130)(H,114,131)(H,121,122)(H4,94,95,98)(H4,96,97,99)/t52-,62-,63-,64-,65-,66-,67-,68-,69-,70-,71-,76-,77-/m0/s1. The van der Waals surface area contributed by atoms with Crippen LogP contribution in [0.5, 0.6) is 5.75 Å². The van der Waals surface area contributed by atoms with E-state index in [0.717, 1.165) is 16.0 Å². The molecule has 5 aromatic carbocycles. The number of carbonyl (C=O) groups is 17. The SMILES string of the molecule is CC(C)C[C@@H]1NC(=O)[C@H](CCCNC(=N)N)NC(=O)CNC(=O)[C@H](C)N(C)C(=O)[C@H](CCCNC(=N)N)NC(=O)[C@H](Cc2ccc(-c3ccccc3)cc2)NC(=O)[C@H](C(C)C)NC(=O)[C@H](Cc2c[nH]c3ccccc23)NC(=O)[C@H](CC(=O)O)NC(=O)[C@H](Cc2ccc(O)cc2)NC(=O)[C@H](Cc2ccccc2)NC(=O)CSC[C@@H](C(=O)NCC(N)=O)NC(=O)[C@H](CO)NC(=O)[C@H](C(C)C)NC1=O. The quantitative estimate of drug-likeness (QED) is 0.0142. The number of carbonyl (C=O) groups excluding carboxylic acids is 16. The Morgan fingerprint density at radius 1 is 0.478 bits per heavy atom. The van der Waals surface area contributed by atoms with Crippen LogP contribution in [0.2, 0.25) is 0 Å². The topological polar surface area (TPSA) is 688 Å². The van der Waals surface area contributed by atoms with Gasteiger partial charge in [0.15, 0.2) is 11.9 Å². The summed E-state index contributed by atoms with van der Waals surface area (Å²) in [5.41, 5.74) is 20.4. The number of aromatic amines is 1. The third kappa shape index (κ3) is 35.3. The first-order valence-corrected chi connectivity index (χ1v) is 45.5. The van der Waals surface area contributed by atoms with E-state index >= 15 is 33.6 Å². The third-order valence-corrected chi connectivity index (χ3v) is 23.1. The zero-order chi connectivity index (χ0) is 100.0. The number of aromatic nitrogens is 1. The molecule has 1 aliphatic rings. The lowest BCUT2D eigenvalue weighted by Crippen LogP contribution is -2.62. The maximum absolute atomic E-state index is 15.4. The number of amides is 16. The molecule has 0 aliphatic carbocycles. The number of phenols is 1. The van der Waals surface area contributed by atoms with E-state index in [9.17, 15) is 63.3 Å². The summed E-state index contributed by atoms with van der Waals surface area (Å²) in [5, 5.41) is 88.7. The van der Waals surface area contributed by atoms with Crippen molar-refractivity contribution < 1.29 is 96.8 Å². The molecule has 16 amide bonds. The molecule has 0 radical (unpaired) electrons. The van der Waals surface area contributed by atoms with Crippen LogP contribution >= 0.6 is 11.8 Å². The molecule has 1 fully saturated rings. The van der Waals surface area contributed by atoms with Crippen molar-refractivity contribution in [1.82, 2.24) is 95.0 Å². The van der Waals surface area contributed by atoms with Gasteiger partial charge in [-0.05, 0) is 108 Å². The molecule has 28 N–H and O–H groups in total. The fourth-order valence-electron chi connectivity index (χ4n) is 14.5. The molecule has 0 saturated carbocycles. The zero-order valence-corrected chi connectivity index (χ0v) is 77.7. The van der Waals surface area contributed by atoms with Crippen LogP contribution < -0.4 is 102 Å². The molecule has 13 atom stereocenters. The van der Waals surface area contributed by atoms with Crippen molar-refractivity contribution in [2.75, 3.05) is 51.3 Å². The van der Waals surface area contributed by atoms with Crippen molar-refractivity contribution in [3.8, 4) is 16.9 Å². The number of aliphatic hydroxyl groups is 1. The first-order chi connectivity index (χ1) is 64.6. The number of phenolic OH excluding ortho intramolecular Hbond substituents is 1. The average Bonchev–Trinajstić information content (AvgIpc) is 1.66. The number of primary amides is 1. The summed E-state index contributed by atoms with van der Waals surface area (Å²) in [4.78, 5) is 250. The fourth-order valence-corrected chi connectivity index (χ4v) is 15.4. The number of nitrogens with one attached hydrogen (secondary N) is 19. The highest BCUT2D eigenvalue weighted by molar-refractivity contribution is 8.00. The number of guanidine groups is 2. The molecule has 1 aliphatic heterocycles. The molecule has 44 heteroatoms. The third-order valence-electron chi connectivity index (χ3n) is 22.0. The largest absolute Gasteiger partial charge is 0.508 e. The Morgan fingerprint density at radius 2 is 0.912 bits per heavy atom. The predicted octanol–water partition coefficient (Wildman–Crippen LogP) is -2.71. The molecule has 1 saturated heterocycles. The number of H-pyrrole nitrogens is 1. The van der Waals surface area contributed by atoms with Gasteiger partial charge in [-0.15, -0.1) is 11.8 Å². The number of aliphatic carboxylic acids is 1. The van der Waals surface area contributed by atoms with Crippen molar-refractivity contribution in [1.29, 1.82) is 10.8 Å². The summed E-state index contributed by atoms with van der Waals surface area (Å²) < 4.78 is 0. The Hall–Kier alpha value is -14.7. The zero-order valence-electron chi connectivity index (χ0n) is 76.9. The van der Waals surface area contributed by atoms with E-state index in [0.29, 0.717) is 39.4 Å². The number of nitrogens with zero attached hydrogens (tertiary/aromatic N) is 1. The lowest BCUT2D eigenvalue weighted by molar-refractivity contribution is -0.142. The van der Waals surface area contributed by atoms with Gasteiger partial charge in [0, 0.05) is 68.7 Å². The van der Waals surface area contributed by atoms with Crippen molar-refractivity contribution >= 4 is 135 Å². The van der Waals surface area contributed by atoms with Gasteiger partial charge in [-0.3, -0.25) is 92.3 Å². The summed E-state index contributed by atoms with van der Waals surface area (Å²) in [6, 6.07) is 15.3. The number of hydrogen-bond donors (Lipinski definition) is 25. The number of hydrogen-bond acceptors (Lipinski definition) is 22. The number of fused-ring (bicyclic) bond motifs is 1. The maximum atomic E-state index is 15.4. The van der Waals surface area contributed by atoms with Gasteiger partial charge in [-0.25, -0.2) is 0 Å². The van der Waals surface area contributed by atoms with Crippen LogP contribution in [0.15, 0.2) is 140 Å². The Labute approximate surface area is 790 Å². The second kappa shape index (κ2) is 53.8. The Kier molecular flexibility index (Phi) is 42.9. The number of aromatic hydroxyl groups is 1. The number of rotatable bonds is 27. The van der Waals surface area contributed by atoms with E-state index < -0.39 is 247 Å². The minimum atomic E-state index is -2.08. The smallest absolute Gasteiger partial charge is 0.305 e. The number of benzene rings is 5. The summed E-state index contributed by atoms with van der Waals surface area (Å²) in [6.07, 6.45) is -1.30. The van der Waals surface area contributed by atoms with Crippen molar-refractivity contribution in [2.45, 2.75) is 191 Å². The van der Waals surface area contributed by atoms with E-state index in [1.807, 2.05) is 30.3 Å². The minimum absolute atomic E-state index is 0.00908. The molecule has 7 rings (SSSR count). The first-order valence-electron chi connectivity index (χ1n) is 44.4. The summed E-state index contributed by atoms with van der Waals surface area (Å²) in [6.45, 7) is 8.21. The average molecular weight is 1910 g/mol. The van der Waals surface area contributed by atoms with Crippen LogP contribution in [0, 0.1) is 28.6 Å². The van der Waals surface area contributed by atoms with E-state index in [4.69, 9.17) is 28.0 Å². The number of para-hydroxylation sites is 1. The second-order valence-corrected chi connectivity index (χ2v) is 35.0. The number of carboxylic acids is 1. The van der Waals surface area contributed by atoms with Crippen molar-refractivity contribution in [3.05, 3.63) is 162 Å². The molecule has 734 valence electrons. The van der Waals surface area contributed by atoms with Crippen LogP contribution in [0.25, 0.3) is 22.0 Å². The van der Waals surface area contributed by atoms with E-state index in [-0.39, 0.29) is 81.7 Å². The number of aliphatic hydroxyl groups excluding tert-OH is 1. The van der Waals surface area contributed by atoms with E-state index in [1.54, 1.807) is 113 Å². The Morgan fingerprint density at radius 3 is 1.45 bits per heavy atom. The molecular weight excluding hydrogens is 1780 g/mol. The van der Waals surface area contributed by atoms with Gasteiger partial charge < -0.3 is 127 Å². The van der Waals surface area contributed by atoms with Gasteiger partial charge in [-0.1, -0.05) is 157 Å². The highest BCUT2D eigenvalue weighted by atomic mass is 32.2.